The van der Waals surface area contributed by atoms with Crippen LogP contribution in [0.3, 0.4) is 0 Å². The monoisotopic (exact) mass is 382 g/mol. The first-order valence-electron chi connectivity index (χ1n) is 9.94. The minimum absolute atomic E-state index is 0.200. The van der Waals surface area contributed by atoms with Gasteiger partial charge in [-0.1, -0.05) is 24.3 Å². The molecule has 0 saturated heterocycles. The van der Waals surface area contributed by atoms with Crippen LogP contribution in [-0.2, 0) is 4.74 Å². The Balaban J connectivity index is 1.58. The van der Waals surface area contributed by atoms with E-state index in [0.717, 1.165) is 47.9 Å². The summed E-state index contributed by atoms with van der Waals surface area (Å²) < 4.78 is 10.7. The summed E-state index contributed by atoms with van der Waals surface area (Å²) in [7, 11) is 1.66. The maximum absolute atomic E-state index is 11.9. The normalized spacial score (nSPS) is 20.3. The summed E-state index contributed by atoms with van der Waals surface area (Å²) in [6, 6.07) is 8.38. The van der Waals surface area contributed by atoms with Gasteiger partial charge in [-0.25, -0.2) is 4.79 Å². The summed E-state index contributed by atoms with van der Waals surface area (Å²) in [4.78, 5) is 16.4. The third kappa shape index (κ3) is 5.47. The Labute approximate surface area is 167 Å². The molecule has 0 aliphatic heterocycles. The molecule has 5 nitrogen and oxygen atoms in total. The maximum Gasteiger partial charge on any atom is 0.407 e. The number of pyridine rings is 1. The van der Waals surface area contributed by atoms with Gasteiger partial charge in [-0.15, -0.1) is 0 Å². The molecule has 1 amide bonds. The molecule has 1 aliphatic rings. The van der Waals surface area contributed by atoms with E-state index in [-0.39, 0.29) is 12.1 Å². The Morgan fingerprint density at radius 2 is 1.96 bits per heavy atom. The number of amides is 1. The molecular formula is C23H30N2O3. The molecule has 5 heteroatoms. The first-order valence-corrected chi connectivity index (χ1v) is 9.94. The predicted octanol–water partition coefficient (Wildman–Crippen LogP) is 5.34. The highest BCUT2D eigenvalue weighted by molar-refractivity contribution is 5.88. The maximum atomic E-state index is 11.9. The number of allylic oxidation sites excluding steroid dienone is 1. The summed E-state index contributed by atoms with van der Waals surface area (Å²) in [5.41, 5.74) is 1.66. The number of hydrogen-bond donors (Lipinski definition) is 1. The van der Waals surface area contributed by atoms with Crippen LogP contribution >= 0.6 is 0 Å². The average molecular weight is 383 g/mol. The Morgan fingerprint density at radius 1 is 1.21 bits per heavy atom. The largest absolute Gasteiger partial charge is 0.495 e. The van der Waals surface area contributed by atoms with Crippen LogP contribution in [0.1, 0.15) is 52.0 Å². The van der Waals surface area contributed by atoms with Crippen LogP contribution in [0.5, 0.6) is 5.75 Å². The quantitative estimate of drug-likeness (QED) is 0.775. The van der Waals surface area contributed by atoms with Gasteiger partial charge in [-0.05, 0) is 70.1 Å². The average Bonchev–Trinajstić information content (AvgIpc) is 2.65. The molecule has 1 N–H and O–H groups in total. The van der Waals surface area contributed by atoms with Crippen molar-refractivity contribution in [2.45, 2.75) is 58.1 Å². The van der Waals surface area contributed by atoms with Crippen LogP contribution in [0, 0.1) is 5.92 Å². The smallest absolute Gasteiger partial charge is 0.407 e. The van der Waals surface area contributed by atoms with Crippen LogP contribution in [0.25, 0.3) is 17.0 Å². The molecule has 3 rings (SSSR count). The highest BCUT2D eigenvalue weighted by Crippen LogP contribution is 2.28. The van der Waals surface area contributed by atoms with E-state index in [1.807, 2.05) is 39.0 Å². The number of benzene rings is 1. The second-order valence-corrected chi connectivity index (χ2v) is 8.41. The van der Waals surface area contributed by atoms with Gasteiger partial charge in [0.1, 0.15) is 11.4 Å². The molecule has 1 aromatic carbocycles. The number of hydrogen-bond acceptors (Lipinski definition) is 4. The van der Waals surface area contributed by atoms with Crippen molar-refractivity contribution in [2.75, 3.05) is 7.11 Å². The predicted molar refractivity (Wildman–Crippen MR) is 112 cm³/mol. The highest BCUT2D eigenvalue weighted by Gasteiger charge is 2.23. The van der Waals surface area contributed by atoms with Gasteiger partial charge in [0.05, 0.1) is 18.8 Å². The fraction of sp³-hybridized carbons (Fsp3) is 0.478. The number of carbonyl (C=O) groups excluding carboxylic acids is 1. The molecule has 0 unspecified atom stereocenters. The van der Waals surface area contributed by atoms with Crippen molar-refractivity contribution in [3.05, 3.63) is 42.1 Å². The van der Waals surface area contributed by atoms with E-state index in [1.165, 1.54) is 0 Å². The Kier molecular flexibility index (Phi) is 6.22. The van der Waals surface area contributed by atoms with Crippen molar-refractivity contribution in [1.29, 1.82) is 0 Å². The number of nitrogens with one attached hydrogen (secondary N) is 1. The Morgan fingerprint density at radius 3 is 2.64 bits per heavy atom. The number of aromatic nitrogens is 1. The van der Waals surface area contributed by atoms with Crippen molar-refractivity contribution < 1.29 is 14.3 Å². The first kappa shape index (κ1) is 20.2. The number of fused-ring (bicyclic) bond motifs is 1. The van der Waals surface area contributed by atoms with E-state index in [0.29, 0.717) is 5.92 Å². The number of alkyl carbamates (subject to hydrolysis) is 1. The lowest BCUT2D eigenvalue weighted by Gasteiger charge is -2.28. The minimum Gasteiger partial charge on any atom is -0.495 e. The Bertz CT molecular complexity index is 847. The van der Waals surface area contributed by atoms with Crippen molar-refractivity contribution in [2.24, 2.45) is 5.92 Å². The molecule has 1 heterocycles. The molecule has 0 bridgehead atoms. The van der Waals surface area contributed by atoms with Gasteiger partial charge < -0.3 is 14.8 Å². The van der Waals surface area contributed by atoms with Gasteiger partial charge in [-0.2, -0.15) is 0 Å². The second-order valence-electron chi connectivity index (χ2n) is 8.41. The van der Waals surface area contributed by atoms with Crippen LogP contribution in [-0.4, -0.2) is 29.8 Å². The molecule has 1 saturated carbocycles. The third-order valence-electron chi connectivity index (χ3n) is 5.01. The fourth-order valence-corrected chi connectivity index (χ4v) is 3.58. The van der Waals surface area contributed by atoms with Crippen molar-refractivity contribution in [3.63, 3.8) is 0 Å². The number of rotatable bonds is 4. The summed E-state index contributed by atoms with van der Waals surface area (Å²) in [6.45, 7) is 5.64. The zero-order chi connectivity index (χ0) is 20.1. The molecule has 150 valence electrons. The molecular weight excluding hydrogens is 352 g/mol. The molecule has 28 heavy (non-hydrogen) atoms. The van der Waals surface area contributed by atoms with E-state index < -0.39 is 5.60 Å². The van der Waals surface area contributed by atoms with Gasteiger partial charge >= 0.3 is 6.09 Å². The zero-order valence-corrected chi connectivity index (χ0v) is 17.2. The summed E-state index contributed by atoms with van der Waals surface area (Å²) in [6.07, 6.45) is 9.97. The number of carbonyl (C=O) groups is 1. The van der Waals surface area contributed by atoms with Crippen LogP contribution in [0.2, 0.25) is 0 Å². The molecule has 0 radical (unpaired) electrons. The molecule has 1 aliphatic carbocycles. The summed E-state index contributed by atoms with van der Waals surface area (Å²) in [5.74, 6) is 1.28. The summed E-state index contributed by atoms with van der Waals surface area (Å²) >= 11 is 0. The van der Waals surface area contributed by atoms with E-state index in [1.54, 1.807) is 13.3 Å². The Hall–Kier alpha value is -2.56. The second kappa shape index (κ2) is 8.63. The molecule has 1 fully saturated rings. The van der Waals surface area contributed by atoms with Crippen molar-refractivity contribution in [3.8, 4) is 5.75 Å². The van der Waals surface area contributed by atoms with Gasteiger partial charge in [0.15, 0.2) is 0 Å². The fourth-order valence-electron chi connectivity index (χ4n) is 3.58. The number of ether oxygens (including phenoxy) is 2. The third-order valence-corrected chi connectivity index (χ3v) is 5.01. The van der Waals surface area contributed by atoms with Gasteiger partial charge in [0.2, 0.25) is 0 Å². The molecule has 1 aromatic heterocycles. The first-order chi connectivity index (χ1) is 13.3. The summed E-state index contributed by atoms with van der Waals surface area (Å²) in [5, 5.41) is 4.09. The molecule has 0 atom stereocenters. The van der Waals surface area contributed by atoms with E-state index >= 15 is 0 Å². The van der Waals surface area contributed by atoms with Crippen LogP contribution in [0.4, 0.5) is 4.79 Å². The molecule has 0 spiro atoms. The topological polar surface area (TPSA) is 60.5 Å². The number of nitrogens with zero attached hydrogens (tertiary/aromatic N) is 1. The van der Waals surface area contributed by atoms with E-state index in [9.17, 15) is 4.79 Å². The lowest BCUT2D eigenvalue weighted by atomic mass is 9.85. The van der Waals surface area contributed by atoms with Crippen LogP contribution < -0.4 is 10.1 Å². The van der Waals surface area contributed by atoms with Crippen molar-refractivity contribution >= 4 is 23.1 Å². The SMILES string of the molecule is COc1cnc2cccc(C=CC3CCC(NC(=O)OC(C)(C)C)CC3)c2c1. The lowest BCUT2D eigenvalue weighted by Crippen LogP contribution is -2.40. The van der Waals surface area contributed by atoms with Gasteiger partial charge in [0, 0.05) is 11.4 Å². The van der Waals surface area contributed by atoms with E-state index in [4.69, 9.17) is 9.47 Å². The number of methoxy groups -OCH3 is 1. The molecule has 2 aromatic rings. The minimum atomic E-state index is -0.458. The van der Waals surface area contributed by atoms with E-state index in [2.05, 4.69) is 28.5 Å². The zero-order valence-electron chi connectivity index (χ0n) is 17.2. The van der Waals surface area contributed by atoms with Crippen molar-refractivity contribution in [1.82, 2.24) is 10.3 Å². The van der Waals surface area contributed by atoms with Crippen LogP contribution in [0.15, 0.2) is 36.5 Å². The highest BCUT2D eigenvalue weighted by atomic mass is 16.6. The van der Waals surface area contributed by atoms with Gasteiger partial charge in [0.25, 0.3) is 0 Å². The lowest BCUT2D eigenvalue weighted by molar-refractivity contribution is 0.0490. The standard InChI is InChI=1S/C23H30N2O3/c1-23(2,3)28-22(26)25-18-12-9-16(10-13-18)8-11-17-6-5-7-21-20(17)14-19(27-4)15-24-21/h5-8,11,14-16,18H,9-10,12-13H2,1-4H3,(H,25,26). The van der Waals surface area contributed by atoms with Gasteiger partial charge in [-0.3, -0.25) is 4.98 Å².